The van der Waals surface area contributed by atoms with E-state index in [-0.39, 0.29) is 11.5 Å². The van der Waals surface area contributed by atoms with E-state index in [2.05, 4.69) is 0 Å². The van der Waals surface area contributed by atoms with Gasteiger partial charge in [0, 0.05) is 32.4 Å². The van der Waals surface area contributed by atoms with E-state index < -0.39 is 5.97 Å². The van der Waals surface area contributed by atoms with Crippen LogP contribution in [0.25, 0.3) is 0 Å². The van der Waals surface area contributed by atoms with Gasteiger partial charge in [0.1, 0.15) is 0 Å². The summed E-state index contributed by atoms with van der Waals surface area (Å²) < 4.78 is 5.14. The molecule has 5 nitrogen and oxygen atoms in total. The highest BCUT2D eigenvalue weighted by atomic mass is 16.5. The van der Waals surface area contributed by atoms with Crippen molar-refractivity contribution in [1.29, 1.82) is 0 Å². The SMILES string of the molecule is COCCC1CCCCN(C(=O)c2ccc(C(=O)O)cc2)C1. The molecule has 1 heterocycles. The van der Waals surface area contributed by atoms with Gasteiger partial charge >= 0.3 is 5.97 Å². The van der Waals surface area contributed by atoms with Crippen molar-refractivity contribution in [2.45, 2.75) is 25.7 Å². The molecule has 0 saturated carbocycles. The third-order valence-electron chi connectivity index (χ3n) is 4.17. The Morgan fingerprint density at radius 3 is 2.55 bits per heavy atom. The fraction of sp³-hybridized carbons (Fsp3) is 0.529. The molecule has 0 aromatic heterocycles. The lowest BCUT2D eigenvalue weighted by molar-refractivity contribution is 0.0692. The van der Waals surface area contributed by atoms with Crippen LogP contribution in [-0.2, 0) is 4.74 Å². The van der Waals surface area contributed by atoms with Gasteiger partial charge in [-0.3, -0.25) is 4.79 Å². The maximum Gasteiger partial charge on any atom is 0.335 e. The maximum atomic E-state index is 12.6. The number of hydrogen-bond donors (Lipinski definition) is 1. The second-order valence-corrected chi connectivity index (χ2v) is 5.78. The average molecular weight is 305 g/mol. The minimum atomic E-state index is -0.978. The number of benzene rings is 1. The zero-order chi connectivity index (χ0) is 15.9. The Balaban J connectivity index is 2.04. The lowest BCUT2D eigenvalue weighted by atomic mass is 10.00. The first kappa shape index (κ1) is 16.5. The van der Waals surface area contributed by atoms with Gasteiger partial charge in [-0.15, -0.1) is 0 Å². The van der Waals surface area contributed by atoms with Gasteiger partial charge in [-0.05, 0) is 49.4 Å². The molecule has 1 amide bonds. The predicted molar refractivity (Wildman–Crippen MR) is 83.1 cm³/mol. The van der Waals surface area contributed by atoms with Crippen LogP contribution in [0.5, 0.6) is 0 Å². The second kappa shape index (κ2) is 7.94. The molecular formula is C17H23NO4. The Hall–Kier alpha value is -1.88. The molecule has 5 heteroatoms. The van der Waals surface area contributed by atoms with E-state index >= 15 is 0 Å². The summed E-state index contributed by atoms with van der Waals surface area (Å²) in [6, 6.07) is 6.16. The summed E-state index contributed by atoms with van der Waals surface area (Å²) in [7, 11) is 1.70. The lowest BCUT2D eigenvalue weighted by Gasteiger charge is -2.24. The van der Waals surface area contributed by atoms with Gasteiger partial charge in [-0.2, -0.15) is 0 Å². The molecule has 1 aromatic rings. The van der Waals surface area contributed by atoms with Gasteiger partial charge in [0.15, 0.2) is 0 Å². The minimum Gasteiger partial charge on any atom is -0.478 e. The maximum absolute atomic E-state index is 12.6. The van der Waals surface area contributed by atoms with Crippen LogP contribution in [0.3, 0.4) is 0 Å². The van der Waals surface area contributed by atoms with E-state index in [1.165, 1.54) is 12.1 Å². The molecule has 1 unspecified atom stereocenters. The molecule has 22 heavy (non-hydrogen) atoms. The van der Waals surface area contributed by atoms with Crippen LogP contribution in [0.4, 0.5) is 0 Å². The van der Waals surface area contributed by atoms with E-state index in [9.17, 15) is 9.59 Å². The van der Waals surface area contributed by atoms with Gasteiger partial charge in [0.2, 0.25) is 0 Å². The summed E-state index contributed by atoms with van der Waals surface area (Å²) in [5.41, 5.74) is 0.753. The number of carboxylic acid groups (broad SMARTS) is 1. The van der Waals surface area contributed by atoms with Crippen molar-refractivity contribution >= 4 is 11.9 Å². The third-order valence-corrected chi connectivity index (χ3v) is 4.17. The van der Waals surface area contributed by atoms with Gasteiger partial charge in [0.25, 0.3) is 5.91 Å². The summed E-state index contributed by atoms with van der Waals surface area (Å²) in [6.45, 7) is 2.24. The van der Waals surface area contributed by atoms with E-state index in [1.54, 1.807) is 19.2 Å². The van der Waals surface area contributed by atoms with E-state index in [4.69, 9.17) is 9.84 Å². The summed E-state index contributed by atoms with van der Waals surface area (Å²) in [5, 5.41) is 8.91. The number of rotatable bonds is 5. The van der Waals surface area contributed by atoms with Crippen LogP contribution in [-0.4, -0.2) is 48.7 Å². The van der Waals surface area contributed by atoms with Gasteiger partial charge in [-0.1, -0.05) is 6.42 Å². The first-order chi connectivity index (χ1) is 10.6. The Labute approximate surface area is 130 Å². The number of amides is 1. The smallest absolute Gasteiger partial charge is 0.335 e. The van der Waals surface area contributed by atoms with Crippen LogP contribution in [0.1, 0.15) is 46.4 Å². The Kier molecular flexibility index (Phi) is 5.95. The fourth-order valence-corrected chi connectivity index (χ4v) is 2.87. The Morgan fingerprint density at radius 1 is 1.23 bits per heavy atom. The first-order valence-electron chi connectivity index (χ1n) is 7.73. The van der Waals surface area contributed by atoms with Crippen LogP contribution in [0, 0.1) is 5.92 Å². The van der Waals surface area contributed by atoms with E-state index in [1.807, 2.05) is 4.90 Å². The van der Waals surface area contributed by atoms with Crippen molar-refractivity contribution in [3.8, 4) is 0 Å². The number of carbonyl (C=O) groups excluding carboxylic acids is 1. The van der Waals surface area contributed by atoms with Crippen molar-refractivity contribution in [3.05, 3.63) is 35.4 Å². The number of likely N-dealkylation sites (tertiary alicyclic amines) is 1. The Morgan fingerprint density at radius 2 is 1.91 bits per heavy atom. The van der Waals surface area contributed by atoms with Crippen LogP contribution >= 0.6 is 0 Å². The van der Waals surface area contributed by atoms with Crippen molar-refractivity contribution in [3.63, 3.8) is 0 Å². The number of methoxy groups -OCH3 is 1. The lowest BCUT2D eigenvalue weighted by Crippen LogP contribution is -2.35. The quantitative estimate of drug-likeness (QED) is 0.908. The number of hydrogen-bond acceptors (Lipinski definition) is 3. The monoisotopic (exact) mass is 305 g/mol. The molecule has 0 aliphatic carbocycles. The predicted octanol–water partition coefficient (Wildman–Crippen LogP) is 2.66. The molecule has 1 fully saturated rings. The van der Waals surface area contributed by atoms with Crippen LogP contribution in [0.15, 0.2) is 24.3 Å². The van der Waals surface area contributed by atoms with Crippen LogP contribution < -0.4 is 0 Å². The highest BCUT2D eigenvalue weighted by Gasteiger charge is 2.23. The van der Waals surface area contributed by atoms with Crippen molar-refractivity contribution in [2.24, 2.45) is 5.92 Å². The highest BCUT2D eigenvalue weighted by Crippen LogP contribution is 2.21. The Bertz CT molecular complexity index is 512. The van der Waals surface area contributed by atoms with Crippen molar-refractivity contribution < 1.29 is 19.4 Å². The summed E-state index contributed by atoms with van der Waals surface area (Å²) >= 11 is 0. The summed E-state index contributed by atoms with van der Waals surface area (Å²) in [4.78, 5) is 25.4. The van der Waals surface area contributed by atoms with Crippen molar-refractivity contribution in [2.75, 3.05) is 26.8 Å². The zero-order valence-electron chi connectivity index (χ0n) is 13.0. The molecule has 0 radical (unpaired) electrons. The largest absolute Gasteiger partial charge is 0.478 e. The molecule has 1 atom stereocenters. The number of carbonyl (C=O) groups is 2. The second-order valence-electron chi connectivity index (χ2n) is 5.78. The molecule has 1 saturated heterocycles. The van der Waals surface area contributed by atoms with Gasteiger partial charge < -0.3 is 14.7 Å². The van der Waals surface area contributed by atoms with E-state index in [0.29, 0.717) is 11.5 Å². The molecule has 1 aliphatic rings. The number of carboxylic acids is 1. The van der Waals surface area contributed by atoms with Gasteiger partial charge in [-0.25, -0.2) is 4.79 Å². The summed E-state index contributed by atoms with van der Waals surface area (Å²) in [6.07, 6.45) is 4.25. The van der Waals surface area contributed by atoms with E-state index in [0.717, 1.165) is 45.4 Å². The van der Waals surface area contributed by atoms with Gasteiger partial charge in [0.05, 0.1) is 5.56 Å². The third kappa shape index (κ3) is 4.31. The summed E-state index contributed by atoms with van der Waals surface area (Å²) in [5.74, 6) is -0.514. The molecule has 1 aliphatic heterocycles. The number of aromatic carboxylic acids is 1. The number of ether oxygens (including phenoxy) is 1. The molecule has 0 spiro atoms. The standard InChI is InChI=1S/C17H23NO4/c1-22-11-9-13-4-2-3-10-18(12-13)16(19)14-5-7-15(8-6-14)17(20)21/h5-8,13H,2-4,9-12H2,1H3,(H,20,21). The molecular weight excluding hydrogens is 282 g/mol. The zero-order valence-corrected chi connectivity index (χ0v) is 13.0. The molecule has 120 valence electrons. The average Bonchev–Trinajstić information content (AvgIpc) is 2.78. The molecule has 1 aromatic carbocycles. The molecule has 2 rings (SSSR count). The van der Waals surface area contributed by atoms with Crippen molar-refractivity contribution in [1.82, 2.24) is 4.90 Å². The topological polar surface area (TPSA) is 66.8 Å². The first-order valence-corrected chi connectivity index (χ1v) is 7.73. The normalized spacial score (nSPS) is 18.8. The molecule has 1 N–H and O–H groups in total. The number of nitrogens with zero attached hydrogens (tertiary/aromatic N) is 1. The minimum absolute atomic E-state index is 0.0127. The fourth-order valence-electron chi connectivity index (χ4n) is 2.87. The molecule has 0 bridgehead atoms. The van der Waals surface area contributed by atoms with Crippen LogP contribution in [0.2, 0.25) is 0 Å². The highest BCUT2D eigenvalue weighted by molar-refractivity contribution is 5.95.